The lowest BCUT2D eigenvalue weighted by atomic mass is 9.82. The molecule has 14 heteroatoms. The van der Waals surface area contributed by atoms with Gasteiger partial charge in [-0.15, -0.1) is 0 Å². The highest BCUT2D eigenvalue weighted by Gasteiger charge is 2.66. The van der Waals surface area contributed by atoms with E-state index in [1.54, 1.807) is 54.4 Å². The van der Waals surface area contributed by atoms with E-state index in [9.17, 15) is 35.1 Å². The highest BCUT2D eigenvalue weighted by molar-refractivity contribution is 9.10. The predicted octanol–water partition coefficient (Wildman–Crippen LogP) is 1.89. The Hall–Kier alpha value is -2.27. The lowest BCUT2D eigenvalue weighted by Crippen LogP contribution is -2.60. The van der Waals surface area contributed by atoms with Crippen molar-refractivity contribution < 1.29 is 48.7 Å². The van der Waals surface area contributed by atoms with Gasteiger partial charge >= 0.3 is 0 Å². The molecule has 0 aromatic heterocycles. The second kappa shape index (κ2) is 11.9. The zero-order chi connectivity index (χ0) is 31.4. The Kier molecular flexibility index (Phi) is 8.90. The van der Waals surface area contributed by atoms with Gasteiger partial charge in [0.2, 0.25) is 8.41 Å². The van der Waals surface area contributed by atoms with Crippen LogP contribution in [0.1, 0.15) is 24.5 Å². The standard InChI is InChI=1S/C29H36BrFN2O9Si/c1-14-25(43(2,3)31)20(9-10-34)42-29(14)18-12-16(30)7-8-19(18)33(28(29)40)13-15-5-4-6-17(11-15)32-26(38)24-22(36)21(35)23(37)27(39)41-24/h4-8,11-12,14,20-25,27,34-37,39H,9-10,13H2,1-3H3,(H,32,38)/t14-,20+,21+,22+,23-,24+,25-,27-,29+/m1/s1. The first-order valence-corrected chi connectivity index (χ1v) is 17.8. The van der Waals surface area contributed by atoms with E-state index in [4.69, 9.17) is 9.47 Å². The van der Waals surface area contributed by atoms with Gasteiger partial charge in [-0.05, 0) is 55.4 Å². The summed E-state index contributed by atoms with van der Waals surface area (Å²) >= 11 is 3.50. The van der Waals surface area contributed by atoms with Crippen molar-refractivity contribution in [2.75, 3.05) is 16.8 Å². The van der Waals surface area contributed by atoms with Crippen LogP contribution in [-0.4, -0.2) is 89.2 Å². The third-order valence-electron chi connectivity index (χ3n) is 8.72. The van der Waals surface area contributed by atoms with Crippen molar-refractivity contribution in [2.45, 2.75) is 80.9 Å². The van der Waals surface area contributed by atoms with Crippen LogP contribution in [0.25, 0.3) is 0 Å². The van der Waals surface area contributed by atoms with Crippen LogP contribution in [0.3, 0.4) is 0 Å². The van der Waals surface area contributed by atoms with E-state index in [-0.39, 0.29) is 25.5 Å². The number of carbonyl (C=O) groups is 2. The number of hydrogen-bond acceptors (Lipinski definition) is 9. The number of hydrogen-bond donors (Lipinski definition) is 6. The summed E-state index contributed by atoms with van der Waals surface area (Å²) in [5.41, 5.74) is 0.194. The molecule has 2 saturated heterocycles. The van der Waals surface area contributed by atoms with E-state index in [2.05, 4.69) is 21.2 Å². The molecule has 0 saturated carbocycles. The summed E-state index contributed by atoms with van der Waals surface area (Å²) in [5.74, 6) is -1.70. The molecule has 5 rings (SSSR count). The Labute approximate surface area is 257 Å². The molecule has 0 bridgehead atoms. The SMILES string of the molecule is C[C@@H]1[C@@H]([Si](C)(C)F)[C@H](CCO)O[C@@]12C(=O)N(Cc1cccc(NC(=O)[C@H]3O[C@@H](O)[C@H](O)[C@@H](O)[C@@H]3O)c1)c1ccc(Br)cc12. The fourth-order valence-corrected chi connectivity index (χ4v) is 9.70. The molecule has 2 aromatic rings. The fraction of sp³-hybridized carbons (Fsp3) is 0.517. The van der Waals surface area contributed by atoms with Gasteiger partial charge in [-0.1, -0.05) is 35.0 Å². The minimum atomic E-state index is -3.33. The van der Waals surface area contributed by atoms with E-state index in [1.165, 1.54) is 0 Å². The monoisotopic (exact) mass is 682 g/mol. The van der Waals surface area contributed by atoms with Crippen molar-refractivity contribution in [3.05, 3.63) is 58.1 Å². The summed E-state index contributed by atoms with van der Waals surface area (Å²) in [6, 6.07) is 12.1. The summed E-state index contributed by atoms with van der Waals surface area (Å²) in [5, 5.41) is 51.9. The largest absolute Gasteiger partial charge is 0.396 e. The molecule has 0 unspecified atom stereocenters. The number of aliphatic hydroxyl groups is 5. The second-order valence-electron chi connectivity index (χ2n) is 11.9. The Balaban J connectivity index is 1.42. The minimum absolute atomic E-state index is 0.0902. The van der Waals surface area contributed by atoms with Crippen molar-refractivity contribution in [1.29, 1.82) is 0 Å². The lowest BCUT2D eigenvalue weighted by Gasteiger charge is -2.37. The van der Waals surface area contributed by atoms with Gasteiger partial charge in [0.1, 0.15) is 18.3 Å². The summed E-state index contributed by atoms with van der Waals surface area (Å²) < 4.78 is 27.9. The number of nitrogens with zero attached hydrogens (tertiary/aromatic N) is 1. The molecule has 11 nitrogen and oxygen atoms in total. The highest BCUT2D eigenvalue weighted by atomic mass is 79.9. The molecule has 0 radical (unpaired) electrons. The maximum Gasteiger partial charge on any atom is 0.264 e. The number of anilines is 2. The molecule has 0 aliphatic carbocycles. The summed E-state index contributed by atoms with van der Waals surface area (Å²) in [6.45, 7) is 4.93. The molecule has 234 valence electrons. The molecule has 9 atom stereocenters. The van der Waals surface area contributed by atoms with Crippen molar-refractivity contribution >= 4 is 47.5 Å². The molecular weight excluding hydrogens is 647 g/mol. The van der Waals surface area contributed by atoms with Crippen LogP contribution in [0.4, 0.5) is 15.5 Å². The van der Waals surface area contributed by atoms with E-state index in [0.29, 0.717) is 22.5 Å². The molecular formula is C29H36BrFN2O9Si. The van der Waals surface area contributed by atoms with Crippen molar-refractivity contribution in [2.24, 2.45) is 5.92 Å². The number of aliphatic hydroxyl groups excluding tert-OH is 5. The van der Waals surface area contributed by atoms with Gasteiger partial charge < -0.3 is 49.3 Å². The molecule has 43 heavy (non-hydrogen) atoms. The number of ether oxygens (including phenoxy) is 2. The molecule has 3 heterocycles. The summed E-state index contributed by atoms with van der Waals surface area (Å²) in [6.07, 6.45) is -9.27. The van der Waals surface area contributed by atoms with Gasteiger partial charge in [0, 0.05) is 33.8 Å². The van der Waals surface area contributed by atoms with Crippen molar-refractivity contribution in [3.8, 4) is 0 Å². The Morgan fingerprint density at radius 1 is 1.12 bits per heavy atom. The third kappa shape index (κ3) is 5.57. The number of rotatable bonds is 7. The van der Waals surface area contributed by atoms with E-state index >= 15 is 4.11 Å². The predicted molar refractivity (Wildman–Crippen MR) is 159 cm³/mol. The molecule has 6 N–H and O–H groups in total. The van der Waals surface area contributed by atoms with E-state index < -0.39 is 68.2 Å². The second-order valence-corrected chi connectivity index (χ2v) is 16.7. The van der Waals surface area contributed by atoms with Crippen LogP contribution in [0, 0.1) is 5.92 Å². The van der Waals surface area contributed by atoms with Gasteiger partial charge in [0.05, 0.1) is 18.3 Å². The van der Waals surface area contributed by atoms with Crippen LogP contribution >= 0.6 is 15.9 Å². The number of nitrogens with one attached hydrogen (secondary N) is 1. The first-order valence-electron chi connectivity index (χ1n) is 14.1. The zero-order valence-electron chi connectivity index (χ0n) is 23.9. The van der Waals surface area contributed by atoms with Crippen LogP contribution < -0.4 is 10.2 Å². The highest BCUT2D eigenvalue weighted by Crippen LogP contribution is 2.60. The maximum atomic E-state index is 15.7. The van der Waals surface area contributed by atoms with Crippen molar-refractivity contribution in [3.63, 3.8) is 0 Å². The molecule has 3 aliphatic rings. The van der Waals surface area contributed by atoms with Gasteiger partial charge in [-0.3, -0.25) is 9.59 Å². The number of benzene rings is 2. The molecule has 2 amide bonds. The first-order chi connectivity index (χ1) is 20.2. The fourth-order valence-electron chi connectivity index (χ4n) is 6.79. The third-order valence-corrected chi connectivity index (χ3v) is 11.7. The van der Waals surface area contributed by atoms with Crippen LogP contribution in [0.5, 0.6) is 0 Å². The smallest absolute Gasteiger partial charge is 0.264 e. The average Bonchev–Trinajstić information content (AvgIpc) is 3.36. The first kappa shape index (κ1) is 32.1. The number of fused-ring (bicyclic) bond motifs is 2. The van der Waals surface area contributed by atoms with Crippen molar-refractivity contribution in [1.82, 2.24) is 0 Å². The molecule has 2 aromatic carbocycles. The van der Waals surface area contributed by atoms with Gasteiger partial charge in [0.25, 0.3) is 11.8 Å². The Bertz CT molecular complexity index is 1400. The quantitative estimate of drug-likeness (QED) is 0.189. The van der Waals surface area contributed by atoms with Gasteiger partial charge in [0.15, 0.2) is 18.0 Å². The molecule has 2 fully saturated rings. The van der Waals surface area contributed by atoms with Gasteiger partial charge in [-0.2, -0.15) is 0 Å². The zero-order valence-corrected chi connectivity index (χ0v) is 26.4. The molecule has 3 aliphatic heterocycles. The van der Waals surface area contributed by atoms with Gasteiger partial charge in [-0.25, -0.2) is 0 Å². The lowest BCUT2D eigenvalue weighted by molar-refractivity contribution is -0.274. The summed E-state index contributed by atoms with van der Waals surface area (Å²) in [4.78, 5) is 28.8. The average molecular weight is 684 g/mol. The maximum absolute atomic E-state index is 15.7. The van der Waals surface area contributed by atoms with Crippen LogP contribution in [0.15, 0.2) is 46.9 Å². The normalized spacial score (nSPS) is 34.1. The minimum Gasteiger partial charge on any atom is -0.396 e. The molecule has 1 spiro atoms. The van der Waals surface area contributed by atoms with E-state index in [0.717, 1.165) is 4.47 Å². The van der Waals surface area contributed by atoms with Crippen LogP contribution in [-0.2, 0) is 31.2 Å². The number of amides is 2. The Morgan fingerprint density at radius 3 is 2.51 bits per heavy atom. The Morgan fingerprint density at radius 2 is 1.84 bits per heavy atom. The van der Waals surface area contributed by atoms with E-state index in [1.807, 2.05) is 13.0 Å². The number of halogens is 2. The number of carbonyl (C=O) groups excluding carboxylic acids is 2. The van der Waals surface area contributed by atoms with Crippen LogP contribution in [0.2, 0.25) is 18.6 Å². The topological polar surface area (TPSA) is 169 Å². The summed E-state index contributed by atoms with van der Waals surface area (Å²) in [7, 11) is -3.33.